The van der Waals surface area contributed by atoms with Gasteiger partial charge in [0, 0.05) is 40.1 Å². The molecule has 2 aromatic carbocycles. The van der Waals surface area contributed by atoms with Crippen molar-refractivity contribution in [3.05, 3.63) is 82.0 Å². The zero-order chi connectivity index (χ0) is 25.9. The van der Waals surface area contributed by atoms with Gasteiger partial charge in [-0.25, -0.2) is 0 Å². The summed E-state index contributed by atoms with van der Waals surface area (Å²) in [5.74, 6) is 1.55. The number of hydrogen-bond donors (Lipinski definition) is 0. The standard InChI is InChI=1S/C31H33ClN2O2S/c1-4-21-9-12-25(13-10-21)34(31(35)30-29(32)26-7-5-6-8-28(26)37-30)19-24-18-22(11-14-27(24)36-3)23-15-16-33-20(2)17-23/h5-8,11,14-18,21,25H,4,9-10,12-13,19H2,1-3H3. The summed E-state index contributed by atoms with van der Waals surface area (Å²) in [4.78, 5) is 21.2. The molecular weight excluding hydrogens is 500 g/mol. The van der Waals surface area contributed by atoms with E-state index in [0.29, 0.717) is 16.4 Å². The lowest BCUT2D eigenvalue weighted by Crippen LogP contribution is -2.41. The molecule has 0 atom stereocenters. The molecular formula is C31H33ClN2O2S. The van der Waals surface area contributed by atoms with Crippen LogP contribution in [0, 0.1) is 12.8 Å². The molecule has 0 aliphatic heterocycles. The summed E-state index contributed by atoms with van der Waals surface area (Å²) < 4.78 is 6.81. The number of nitrogens with zero attached hydrogens (tertiary/aromatic N) is 2. The lowest BCUT2D eigenvalue weighted by atomic mass is 9.83. The molecule has 1 amide bonds. The van der Waals surface area contributed by atoms with E-state index in [-0.39, 0.29) is 11.9 Å². The first-order valence-electron chi connectivity index (χ1n) is 13.1. The summed E-state index contributed by atoms with van der Waals surface area (Å²) in [6, 6.07) is 18.5. The highest BCUT2D eigenvalue weighted by molar-refractivity contribution is 7.21. The quantitative estimate of drug-likeness (QED) is 0.239. The van der Waals surface area contributed by atoms with Gasteiger partial charge in [-0.2, -0.15) is 0 Å². The maximum atomic E-state index is 14.2. The number of thiophene rings is 1. The molecule has 0 saturated heterocycles. The number of aryl methyl sites for hydroxylation is 1. The molecule has 1 aliphatic carbocycles. The van der Waals surface area contributed by atoms with Crippen molar-refractivity contribution in [1.29, 1.82) is 0 Å². The molecule has 1 saturated carbocycles. The number of halogens is 1. The minimum Gasteiger partial charge on any atom is -0.496 e. The number of carbonyl (C=O) groups excluding carboxylic acids is 1. The van der Waals surface area contributed by atoms with E-state index >= 15 is 0 Å². The van der Waals surface area contributed by atoms with Gasteiger partial charge in [0.1, 0.15) is 10.6 Å². The summed E-state index contributed by atoms with van der Waals surface area (Å²) in [5.41, 5.74) is 4.16. The van der Waals surface area contributed by atoms with Crippen molar-refractivity contribution in [2.24, 2.45) is 5.92 Å². The van der Waals surface area contributed by atoms with Crippen molar-refractivity contribution < 1.29 is 9.53 Å². The van der Waals surface area contributed by atoms with Gasteiger partial charge in [-0.15, -0.1) is 11.3 Å². The van der Waals surface area contributed by atoms with Crippen molar-refractivity contribution in [2.75, 3.05) is 7.11 Å². The van der Waals surface area contributed by atoms with Crippen molar-refractivity contribution in [1.82, 2.24) is 9.88 Å². The normalized spacial score (nSPS) is 17.6. The van der Waals surface area contributed by atoms with Crippen LogP contribution in [0.15, 0.2) is 60.8 Å². The van der Waals surface area contributed by atoms with Crippen LogP contribution in [0.3, 0.4) is 0 Å². The summed E-state index contributed by atoms with van der Waals surface area (Å²) >= 11 is 8.28. The number of ether oxygens (including phenoxy) is 1. The summed E-state index contributed by atoms with van der Waals surface area (Å²) in [6.45, 7) is 4.74. The number of pyridine rings is 1. The number of fused-ring (bicyclic) bond motifs is 1. The van der Waals surface area contributed by atoms with E-state index < -0.39 is 0 Å². The van der Waals surface area contributed by atoms with Crippen molar-refractivity contribution in [2.45, 2.75) is 58.5 Å². The fourth-order valence-corrected chi connectivity index (χ4v) is 6.97. The first-order chi connectivity index (χ1) is 18.0. The molecule has 4 nitrogen and oxygen atoms in total. The Hall–Kier alpha value is -2.89. The smallest absolute Gasteiger partial charge is 0.266 e. The molecule has 0 bridgehead atoms. The van der Waals surface area contributed by atoms with Gasteiger partial charge in [0.05, 0.1) is 12.1 Å². The predicted molar refractivity (Wildman–Crippen MR) is 154 cm³/mol. The first-order valence-corrected chi connectivity index (χ1v) is 14.3. The van der Waals surface area contributed by atoms with Crippen LogP contribution >= 0.6 is 22.9 Å². The molecule has 4 aromatic rings. The van der Waals surface area contributed by atoms with Gasteiger partial charge in [-0.1, -0.05) is 49.2 Å². The van der Waals surface area contributed by atoms with Gasteiger partial charge >= 0.3 is 0 Å². The monoisotopic (exact) mass is 532 g/mol. The zero-order valence-electron chi connectivity index (χ0n) is 21.7. The van der Waals surface area contributed by atoms with Crippen LogP contribution in [0.4, 0.5) is 0 Å². The molecule has 192 valence electrons. The average Bonchev–Trinajstić information content (AvgIpc) is 3.27. The highest BCUT2D eigenvalue weighted by atomic mass is 35.5. The second-order valence-corrected chi connectivity index (χ2v) is 11.4. The fraction of sp³-hybridized carbons (Fsp3) is 0.355. The van der Waals surface area contributed by atoms with E-state index in [1.807, 2.05) is 49.5 Å². The van der Waals surface area contributed by atoms with Crippen LogP contribution in [-0.2, 0) is 6.54 Å². The van der Waals surface area contributed by atoms with Gasteiger partial charge in [0.15, 0.2) is 0 Å². The van der Waals surface area contributed by atoms with E-state index in [1.54, 1.807) is 7.11 Å². The number of rotatable bonds is 7. The average molecular weight is 533 g/mol. The van der Waals surface area contributed by atoms with Crippen molar-refractivity contribution >= 4 is 38.9 Å². The van der Waals surface area contributed by atoms with Crippen LogP contribution in [-0.4, -0.2) is 28.9 Å². The molecule has 5 rings (SSSR count). The third-order valence-electron chi connectivity index (χ3n) is 7.68. The second-order valence-electron chi connectivity index (χ2n) is 9.97. The van der Waals surface area contributed by atoms with E-state index in [1.165, 1.54) is 17.8 Å². The Balaban J connectivity index is 1.53. The minimum absolute atomic E-state index is 0.0124. The molecule has 0 spiro atoms. The molecule has 6 heteroatoms. The Morgan fingerprint density at radius 3 is 2.54 bits per heavy atom. The third-order valence-corrected chi connectivity index (χ3v) is 9.34. The highest BCUT2D eigenvalue weighted by Gasteiger charge is 2.32. The fourth-order valence-electron chi connectivity index (χ4n) is 5.50. The third kappa shape index (κ3) is 5.39. The number of methoxy groups -OCH3 is 1. The number of benzene rings is 2. The summed E-state index contributed by atoms with van der Waals surface area (Å²) in [7, 11) is 1.69. The van der Waals surface area contributed by atoms with Crippen LogP contribution < -0.4 is 4.74 Å². The van der Waals surface area contributed by atoms with Gasteiger partial charge in [-0.3, -0.25) is 9.78 Å². The maximum Gasteiger partial charge on any atom is 0.266 e. The van der Waals surface area contributed by atoms with E-state index in [4.69, 9.17) is 16.3 Å². The lowest BCUT2D eigenvalue weighted by molar-refractivity contribution is 0.0591. The molecule has 1 aliphatic rings. The molecule has 0 unspecified atom stereocenters. The maximum absolute atomic E-state index is 14.2. The summed E-state index contributed by atoms with van der Waals surface area (Å²) in [5, 5.41) is 1.51. The molecule has 37 heavy (non-hydrogen) atoms. The number of carbonyl (C=O) groups is 1. The highest BCUT2D eigenvalue weighted by Crippen LogP contribution is 2.39. The second kappa shape index (κ2) is 11.2. The van der Waals surface area contributed by atoms with Crippen molar-refractivity contribution in [3.8, 4) is 16.9 Å². The Labute approximate surface area is 228 Å². The SMILES string of the molecule is CCC1CCC(N(Cc2cc(-c3ccnc(C)c3)ccc2OC)C(=O)c2sc3ccccc3c2Cl)CC1. The van der Waals surface area contributed by atoms with Crippen LogP contribution in [0.5, 0.6) is 5.75 Å². The van der Waals surface area contributed by atoms with Gasteiger partial charge in [0.25, 0.3) is 5.91 Å². The van der Waals surface area contributed by atoms with Crippen molar-refractivity contribution in [3.63, 3.8) is 0 Å². The zero-order valence-corrected chi connectivity index (χ0v) is 23.2. The Kier molecular flexibility index (Phi) is 7.82. The predicted octanol–water partition coefficient (Wildman–Crippen LogP) is 8.54. The molecule has 2 heterocycles. The Morgan fingerprint density at radius 2 is 1.84 bits per heavy atom. The van der Waals surface area contributed by atoms with Crippen LogP contribution in [0.2, 0.25) is 5.02 Å². The lowest BCUT2D eigenvalue weighted by Gasteiger charge is -2.37. The van der Waals surface area contributed by atoms with E-state index in [0.717, 1.165) is 69.8 Å². The number of hydrogen-bond acceptors (Lipinski definition) is 4. The van der Waals surface area contributed by atoms with E-state index in [2.05, 4.69) is 35.0 Å². The topological polar surface area (TPSA) is 42.4 Å². The van der Waals surface area contributed by atoms with Gasteiger partial charge < -0.3 is 9.64 Å². The first kappa shape index (κ1) is 25.7. The molecule has 2 aromatic heterocycles. The van der Waals surface area contributed by atoms with Gasteiger partial charge in [0.2, 0.25) is 0 Å². The molecule has 1 fully saturated rings. The molecule has 0 N–H and O–H groups in total. The molecule has 0 radical (unpaired) electrons. The van der Waals surface area contributed by atoms with Crippen LogP contribution in [0.25, 0.3) is 21.2 Å². The Bertz CT molecular complexity index is 1410. The Morgan fingerprint density at radius 1 is 1.08 bits per heavy atom. The van der Waals surface area contributed by atoms with Crippen LogP contribution in [0.1, 0.15) is 60.0 Å². The number of amides is 1. The largest absolute Gasteiger partial charge is 0.496 e. The number of aromatic nitrogens is 1. The summed E-state index contributed by atoms with van der Waals surface area (Å²) in [6.07, 6.45) is 7.36. The minimum atomic E-state index is 0.0124. The van der Waals surface area contributed by atoms with Gasteiger partial charge in [-0.05, 0) is 80.0 Å². The van der Waals surface area contributed by atoms with E-state index in [9.17, 15) is 4.79 Å².